The monoisotopic (exact) mass is 168 g/mol. The molecule has 1 aliphatic heterocycles. The topological polar surface area (TPSA) is 48.2 Å². The van der Waals surface area contributed by atoms with Crippen LogP contribution in [0.1, 0.15) is 30.5 Å². The van der Waals surface area contributed by atoms with Crippen LogP contribution in [0.2, 0.25) is 0 Å². The van der Waals surface area contributed by atoms with Gasteiger partial charge < -0.3 is 9.15 Å². The van der Waals surface area contributed by atoms with Gasteiger partial charge in [-0.3, -0.25) is 0 Å². The highest BCUT2D eigenvalue weighted by molar-refractivity contribution is 4.91. The van der Waals surface area contributed by atoms with Gasteiger partial charge in [0, 0.05) is 26.1 Å². The maximum absolute atomic E-state index is 5.35. The van der Waals surface area contributed by atoms with Crippen molar-refractivity contribution < 1.29 is 9.15 Å². The lowest BCUT2D eigenvalue weighted by atomic mass is 10.0. The zero-order valence-corrected chi connectivity index (χ0v) is 7.12. The maximum atomic E-state index is 5.35. The Morgan fingerprint density at radius 2 is 2.00 bits per heavy atom. The molecular formula is C8H12N2O2. The van der Waals surface area contributed by atoms with Gasteiger partial charge in [0.15, 0.2) is 0 Å². The van der Waals surface area contributed by atoms with Crippen LogP contribution in [0.4, 0.5) is 0 Å². The first-order chi connectivity index (χ1) is 5.86. The lowest BCUT2D eigenvalue weighted by Crippen LogP contribution is -2.14. The number of nitrogens with zero attached hydrogens (tertiary/aromatic N) is 2. The molecule has 12 heavy (non-hydrogen) atoms. The molecular weight excluding hydrogens is 156 g/mol. The average Bonchev–Trinajstić information content (AvgIpc) is 2.54. The van der Waals surface area contributed by atoms with Gasteiger partial charge in [-0.2, -0.15) is 0 Å². The van der Waals surface area contributed by atoms with Gasteiger partial charge in [-0.25, -0.2) is 0 Å². The van der Waals surface area contributed by atoms with E-state index in [0.29, 0.717) is 11.8 Å². The molecule has 0 radical (unpaired) electrons. The number of hydrogen-bond donors (Lipinski definition) is 0. The van der Waals surface area contributed by atoms with Crippen molar-refractivity contribution >= 4 is 0 Å². The van der Waals surface area contributed by atoms with E-state index in [1.54, 1.807) is 0 Å². The van der Waals surface area contributed by atoms with Gasteiger partial charge in [-0.15, -0.1) is 10.2 Å². The SMILES string of the molecule is Cc1nnc(C2CCOCC2)o1. The molecule has 0 aliphatic carbocycles. The number of hydrogen-bond acceptors (Lipinski definition) is 4. The van der Waals surface area contributed by atoms with Crippen LogP contribution in [-0.4, -0.2) is 23.4 Å². The van der Waals surface area contributed by atoms with Crippen LogP contribution in [0, 0.1) is 6.92 Å². The zero-order chi connectivity index (χ0) is 8.39. The predicted octanol–water partition coefficient (Wildman–Crippen LogP) is 1.27. The molecule has 0 saturated carbocycles. The molecule has 66 valence electrons. The molecule has 1 aromatic rings. The summed E-state index contributed by atoms with van der Waals surface area (Å²) in [6.45, 7) is 3.44. The second kappa shape index (κ2) is 3.23. The molecule has 2 heterocycles. The lowest BCUT2D eigenvalue weighted by Gasteiger charge is -2.18. The van der Waals surface area contributed by atoms with Gasteiger partial charge >= 0.3 is 0 Å². The van der Waals surface area contributed by atoms with Gasteiger partial charge in [0.2, 0.25) is 11.8 Å². The highest BCUT2D eigenvalue weighted by Gasteiger charge is 2.20. The van der Waals surface area contributed by atoms with Crippen molar-refractivity contribution in [1.82, 2.24) is 10.2 Å². The summed E-state index contributed by atoms with van der Waals surface area (Å²) in [6, 6.07) is 0. The molecule has 1 aromatic heterocycles. The molecule has 0 aromatic carbocycles. The maximum Gasteiger partial charge on any atom is 0.219 e. The Hall–Kier alpha value is -0.900. The zero-order valence-electron chi connectivity index (χ0n) is 7.12. The summed E-state index contributed by atoms with van der Waals surface area (Å²) >= 11 is 0. The Morgan fingerprint density at radius 1 is 1.25 bits per heavy atom. The second-order valence-corrected chi connectivity index (χ2v) is 3.05. The van der Waals surface area contributed by atoms with E-state index in [4.69, 9.17) is 9.15 Å². The third-order valence-corrected chi connectivity index (χ3v) is 2.11. The molecule has 1 saturated heterocycles. The van der Waals surface area contributed by atoms with E-state index in [1.807, 2.05) is 6.92 Å². The number of aryl methyl sites for hydroxylation is 1. The van der Waals surface area contributed by atoms with Crippen LogP contribution in [0.3, 0.4) is 0 Å². The summed E-state index contributed by atoms with van der Waals surface area (Å²) in [4.78, 5) is 0. The van der Waals surface area contributed by atoms with Gasteiger partial charge in [-0.1, -0.05) is 0 Å². The van der Waals surface area contributed by atoms with Crippen molar-refractivity contribution in [2.75, 3.05) is 13.2 Å². The first kappa shape index (κ1) is 7.73. The molecule has 0 bridgehead atoms. The van der Waals surface area contributed by atoms with Gasteiger partial charge in [0.1, 0.15) is 0 Å². The first-order valence-electron chi connectivity index (χ1n) is 4.24. The molecule has 0 N–H and O–H groups in total. The van der Waals surface area contributed by atoms with E-state index in [9.17, 15) is 0 Å². The van der Waals surface area contributed by atoms with Crippen molar-refractivity contribution in [2.24, 2.45) is 0 Å². The largest absolute Gasteiger partial charge is 0.425 e. The van der Waals surface area contributed by atoms with Gasteiger partial charge in [0.25, 0.3) is 0 Å². The Kier molecular flexibility index (Phi) is 2.08. The summed E-state index contributed by atoms with van der Waals surface area (Å²) < 4.78 is 10.6. The molecule has 4 heteroatoms. The first-order valence-corrected chi connectivity index (χ1v) is 4.24. The molecule has 0 unspecified atom stereocenters. The quantitative estimate of drug-likeness (QED) is 0.633. The van der Waals surface area contributed by atoms with Crippen molar-refractivity contribution in [1.29, 1.82) is 0 Å². The van der Waals surface area contributed by atoms with Crippen LogP contribution in [-0.2, 0) is 4.74 Å². The van der Waals surface area contributed by atoms with Crippen LogP contribution in [0.15, 0.2) is 4.42 Å². The number of ether oxygens (including phenoxy) is 1. The highest BCUT2D eigenvalue weighted by atomic mass is 16.5. The smallest absolute Gasteiger partial charge is 0.219 e. The van der Waals surface area contributed by atoms with Gasteiger partial charge in [-0.05, 0) is 12.8 Å². The lowest BCUT2D eigenvalue weighted by molar-refractivity contribution is 0.0792. The van der Waals surface area contributed by atoms with Crippen molar-refractivity contribution in [2.45, 2.75) is 25.7 Å². The number of aromatic nitrogens is 2. The number of rotatable bonds is 1. The summed E-state index contributed by atoms with van der Waals surface area (Å²) in [5.41, 5.74) is 0. The Balaban J connectivity index is 2.08. The van der Waals surface area contributed by atoms with E-state index in [2.05, 4.69) is 10.2 Å². The molecule has 0 atom stereocenters. The predicted molar refractivity (Wildman–Crippen MR) is 41.8 cm³/mol. The molecule has 0 amide bonds. The van der Waals surface area contributed by atoms with Crippen LogP contribution in [0.5, 0.6) is 0 Å². The van der Waals surface area contributed by atoms with Crippen LogP contribution in [0.25, 0.3) is 0 Å². The summed E-state index contributed by atoms with van der Waals surface area (Å²) in [5, 5.41) is 7.80. The average molecular weight is 168 g/mol. The van der Waals surface area contributed by atoms with E-state index < -0.39 is 0 Å². The van der Waals surface area contributed by atoms with Crippen molar-refractivity contribution in [3.63, 3.8) is 0 Å². The summed E-state index contributed by atoms with van der Waals surface area (Å²) in [7, 11) is 0. The normalized spacial score (nSPS) is 19.8. The van der Waals surface area contributed by atoms with Crippen LogP contribution < -0.4 is 0 Å². The molecule has 1 aliphatic rings. The van der Waals surface area contributed by atoms with E-state index >= 15 is 0 Å². The highest BCUT2D eigenvalue weighted by Crippen LogP contribution is 2.25. The molecule has 0 spiro atoms. The Morgan fingerprint density at radius 3 is 2.58 bits per heavy atom. The minimum Gasteiger partial charge on any atom is -0.425 e. The van der Waals surface area contributed by atoms with Crippen molar-refractivity contribution in [3.05, 3.63) is 11.8 Å². The third kappa shape index (κ3) is 1.48. The minimum absolute atomic E-state index is 0.417. The van der Waals surface area contributed by atoms with Crippen LogP contribution >= 0.6 is 0 Å². The summed E-state index contributed by atoms with van der Waals surface area (Å²) in [6.07, 6.45) is 2.00. The fourth-order valence-corrected chi connectivity index (χ4v) is 1.42. The fraction of sp³-hybridized carbons (Fsp3) is 0.750. The van der Waals surface area contributed by atoms with E-state index in [0.717, 1.165) is 31.9 Å². The molecule has 1 fully saturated rings. The van der Waals surface area contributed by atoms with Crippen molar-refractivity contribution in [3.8, 4) is 0 Å². The standard InChI is InChI=1S/C8H12N2O2/c1-6-9-10-8(12-6)7-2-4-11-5-3-7/h7H,2-5H2,1H3. The Labute approximate surface area is 70.9 Å². The molecule has 2 rings (SSSR count). The van der Waals surface area contributed by atoms with E-state index in [-0.39, 0.29) is 0 Å². The van der Waals surface area contributed by atoms with Gasteiger partial charge in [0.05, 0.1) is 0 Å². The second-order valence-electron chi connectivity index (χ2n) is 3.05. The summed E-state index contributed by atoms with van der Waals surface area (Å²) in [5.74, 6) is 1.84. The third-order valence-electron chi connectivity index (χ3n) is 2.11. The minimum atomic E-state index is 0.417. The van der Waals surface area contributed by atoms with E-state index in [1.165, 1.54) is 0 Å². The Bertz CT molecular complexity index is 253. The fourth-order valence-electron chi connectivity index (χ4n) is 1.42. The molecule has 4 nitrogen and oxygen atoms in total.